The maximum Gasteiger partial charge on any atom is 0.230 e. The zero-order chi connectivity index (χ0) is 19.8. The minimum atomic E-state index is -0.258. The molecule has 3 N–H and O–H groups in total. The first-order valence-electron chi connectivity index (χ1n) is 8.77. The number of hydrogen-bond acceptors (Lipinski definition) is 6. The molecular formula is C21H16N6O. The molecule has 1 aliphatic carbocycles. The van der Waals surface area contributed by atoms with Crippen molar-refractivity contribution in [2.45, 2.75) is 13.3 Å². The Labute approximate surface area is 161 Å². The predicted octanol–water partition coefficient (Wildman–Crippen LogP) is 3.16. The van der Waals surface area contributed by atoms with Gasteiger partial charge in [0.1, 0.15) is 17.6 Å². The lowest BCUT2D eigenvalue weighted by Gasteiger charge is -2.11. The van der Waals surface area contributed by atoms with Gasteiger partial charge in [-0.1, -0.05) is 0 Å². The molecule has 0 spiro atoms. The fourth-order valence-corrected chi connectivity index (χ4v) is 3.28. The van der Waals surface area contributed by atoms with Gasteiger partial charge < -0.3 is 11.1 Å². The molecule has 0 aliphatic heterocycles. The molecule has 2 heterocycles. The van der Waals surface area contributed by atoms with Crippen molar-refractivity contribution in [1.82, 2.24) is 9.97 Å². The number of aromatic nitrogens is 2. The van der Waals surface area contributed by atoms with Gasteiger partial charge in [0.05, 0.1) is 17.9 Å². The minimum absolute atomic E-state index is 0.185. The molecule has 0 bridgehead atoms. The minimum Gasteiger partial charge on any atom is -0.398 e. The van der Waals surface area contributed by atoms with Crippen LogP contribution in [0.25, 0.3) is 21.9 Å². The van der Waals surface area contributed by atoms with E-state index in [9.17, 15) is 4.79 Å². The molecule has 0 radical (unpaired) electrons. The van der Waals surface area contributed by atoms with Crippen LogP contribution in [0.3, 0.4) is 0 Å². The van der Waals surface area contributed by atoms with Crippen molar-refractivity contribution in [3.63, 3.8) is 0 Å². The summed E-state index contributed by atoms with van der Waals surface area (Å²) in [5.41, 5.74) is 9.80. The van der Waals surface area contributed by atoms with Crippen molar-refractivity contribution < 1.29 is 4.79 Å². The number of carbonyl (C=O) groups excluding carboxylic acids is 1. The average Bonchev–Trinajstić information content (AvgIpc) is 3.47. The van der Waals surface area contributed by atoms with Gasteiger partial charge in [-0.15, -0.1) is 0 Å². The lowest BCUT2D eigenvalue weighted by atomic mass is 9.98. The van der Waals surface area contributed by atoms with Crippen LogP contribution in [0.5, 0.6) is 0 Å². The summed E-state index contributed by atoms with van der Waals surface area (Å²) in [7, 11) is 0. The SMILES string of the molecule is Cc1cc(C#N)ncc1-c1cc(N)c2cnc(NC(=O)C3CC3C#N)cc2c1. The highest BCUT2D eigenvalue weighted by Gasteiger charge is 2.43. The summed E-state index contributed by atoms with van der Waals surface area (Å²) >= 11 is 0. The first-order valence-corrected chi connectivity index (χ1v) is 8.77. The summed E-state index contributed by atoms with van der Waals surface area (Å²) in [6.45, 7) is 1.91. The van der Waals surface area contributed by atoms with Gasteiger partial charge in [-0.2, -0.15) is 10.5 Å². The van der Waals surface area contributed by atoms with Crippen LogP contribution in [0, 0.1) is 41.4 Å². The summed E-state index contributed by atoms with van der Waals surface area (Å²) in [5.74, 6) is -0.220. The van der Waals surface area contributed by atoms with E-state index in [-0.39, 0.29) is 17.7 Å². The number of nitriles is 2. The second-order valence-corrected chi connectivity index (χ2v) is 6.92. The van der Waals surface area contributed by atoms with Gasteiger partial charge in [0.25, 0.3) is 0 Å². The maximum atomic E-state index is 12.2. The van der Waals surface area contributed by atoms with Crippen LogP contribution in [0.2, 0.25) is 0 Å². The van der Waals surface area contributed by atoms with E-state index in [4.69, 9.17) is 16.3 Å². The number of carbonyl (C=O) groups is 1. The highest BCUT2D eigenvalue weighted by Crippen LogP contribution is 2.38. The van der Waals surface area contributed by atoms with Crippen molar-refractivity contribution in [3.05, 3.63) is 47.9 Å². The molecular weight excluding hydrogens is 352 g/mol. The van der Waals surface area contributed by atoms with Crippen LogP contribution in [0.4, 0.5) is 11.5 Å². The smallest absolute Gasteiger partial charge is 0.230 e. The van der Waals surface area contributed by atoms with E-state index < -0.39 is 0 Å². The number of benzene rings is 1. The molecule has 0 saturated heterocycles. The Morgan fingerprint density at radius 1 is 1.21 bits per heavy atom. The fraction of sp³-hybridized carbons (Fsp3) is 0.190. The lowest BCUT2D eigenvalue weighted by molar-refractivity contribution is -0.117. The molecule has 3 aromatic rings. The average molecular weight is 368 g/mol. The highest BCUT2D eigenvalue weighted by molar-refractivity contribution is 6.00. The van der Waals surface area contributed by atoms with E-state index in [0.717, 1.165) is 27.5 Å². The van der Waals surface area contributed by atoms with Crippen LogP contribution < -0.4 is 11.1 Å². The molecule has 2 aromatic heterocycles. The Morgan fingerprint density at radius 2 is 2.04 bits per heavy atom. The second-order valence-electron chi connectivity index (χ2n) is 6.92. The quantitative estimate of drug-likeness (QED) is 0.683. The van der Waals surface area contributed by atoms with Gasteiger partial charge in [0.2, 0.25) is 5.91 Å². The van der Waals surface area contributed by atoms with Crippen molar-refractivity contribution in [2.75, 3.05) is 11.1 Å². The molecule has 1 saturated carbocycles. The third kappa shape index (κ3) is 3.10. The van der Waals surface area contributed by atoms with Crippen LogP contribution >= 0.6 is 0 Å². The summed E-state index contributed by atoms with van der Waals surface area (Å²) in [6.07, 6.45) is 3.88. The van der Waals surface area contributed by atoms with Gasteiger partial charge in [-0.05, 0) is 54.1 Å². The second kappa shape index (κ2) is 6.64. The Hall–Kier alpha value is -3.97. The molecule has 1 aromatic carbocycles. The molecule has 28 heavy (non-hydrogen) atoms. The number of hydrogen-bond donors (Lipinski definition) is 2. The Balaban J connectivity index is 1.70. The van der Waals surface area contributed by atoms with E-state index in [0.29, 0.717) is 23.6 Å². The zero-order valence-corrected chi connectivity index (χ0v) is 15.1. The van der Waals surface area contributed by atoms with E-state index >= 15 is 0 Å². The molecule has 7 heteroatoms. The summed E-state index contributed by atoms with van der Waals surface area (Å²) in [6, 6.07) is 11.4. The number of fused-ring (bicyclic) bond motifs is 1. The molecule has 1 aliphatic rings. The van der Waals surface area contributed by atoms with E-state index in [1.54, 1.807) is 24.5 Å². The van der Waals surface area contributed by atoms with Gasteiger partial charge in [0.15, 0.2) is 0 Å². The molecule has 2 unspecified atom stereocenters. The molecule has 1 fully saturated rings. The zero-order valence-electron chi connectivity index (χ0n) is 15.1. The topological polar surface area (TPSA) is 128 Å². The number of nitrogens with one attached hydrogen (secondary N) is 1. The predicted molar refractivity (Wildman–Crippen MR) is 105 cm³/mol. The third-order valence-corrected chi connectivity index (χ3v) is 4.95. The maximum absolute atomic E-state index is 12.2. The van der Waals surface area contributed by atoms with Crippen molar-refractivity contribution in [3.8, 4) is 23.3 Å². The number of anilines is 2. The third-order valence-electron chi connectivity index (χ3n) is 4.95. The molecule has 4 rings (SSSR count). The number of nitrogens with zero attached hydrogens (tertiary/aromatic N) is 4. The largest absolute Gasteiger partial charge is 0.398 e. The van der Waals surface area contributed by atoms with Crippen LogP contribution in [0.15, 0.2) is 36.7 Å². The summed E-state index contributed by atoms with van der Waals surface area (Å²) in [5, 5.41) is 22.3. The van der Waals surface area contributed by atoms with Crippen molar-refractivity contribution in [2.24, 2.45) is 11.8 Å². The lowest BCUT2D eigenvalue weighted by Crippen LogP contribution is -2.15. The Bertz CT molecular complexity index is 1200. The van der Waals surface area contributed by atoms with Gasteiger partial charge in [0, 0.05) is 29.0 Å². The van der Waals surface area contributed by atoms with Crippen molar-refractivity contribution >= 4 is 28.2 Å². The van der Waals surface area contributed by atoms with Crippen LogP contribution in [0.1, 0.15) is 17.7 Å². The number of amides is 1. The van der Waals surface area contributed by atoms with Gasteiger partial charge in [-0.25, -0.2) is 9.97 Å². The van der Waals surface area contributed by atoms with Crippen LogP contribution in [-0.4, -0.2) is 15.9 Å². The molecule has 7 nitrogen and oxygen atoms in total. The van der Waals surface area contributed by atoms with E-state index in [1.165, 1.54) is 0 Å². The van der Waals surface area contributed by atoms with Gasteiger partial charge in [-0.3, -0.25) is 4.79 Å². The molecule has 136 valence electrons. The van der Waals surface area contributed by atoms with Crippen LogP contribution in [-0.2, 0) is 4.79 Å². The summed E-state index contributed by atoms with van der Waals surface area (Å²) < 4.78 is 0. The molecule has 1 amide bonds. The normalized spacial score (nSPS) is 17.5. The first-order chi connectivity index (χ1) is 13.5. The number of nitrogens with two attached hydrogens (primary N) is 1. The number of nitrogen functional groups attached to an aromatic ring is 1. The monoisotopic (exact) mass is 368 g/mol. The number of pyridine rings is 2. The summed E-state index contributed by atoms with van der Waals surface area (Å²) in [4.78, 5) is 20.6. The van der Waals surface area contributed by atoms with Gasteiger partial charge >= 0.3 is 0 Å². The number of aryl methyl sites for hydroxylation is 1. The van der Waals surface area contributed by atoms with E-state index in [2.05, 4.69) is 21.4 Å². The standard InChI is InChI=1S/C21H16N6O/c1-11-2-15(8-23)25-9-17(11)12-3-13-6-20(26-10-18(13)19(24)5-12)27-21(28)16-4-14(16)7-22/h2-3,5-6,9-10,14,16H,4,24H2,1H3,(H,26,27,28). The molecule has 2 atom stereocenters. The van der Waals surface area contributed by atoms with Crippen molar-refractivity contribution in [1.29, 1.82) is 10.5 Å². The Kier molecular flexibility index (Phi) is 4.14. The Morgan fingerprint density at radius 3 is 2.71 bits per heavy atom. The highest BCUT2D eigenvalue weighted by atomic mass is 16.2. The van der Waals surface area contributed by atoms with E-state index in [1.807, 2.05) is 25.1 Å². The number of rotatable bonds is 3. The fourth-order valence-electron chi connectivity index (χ4n) is 3.28. The first kappa shape index (κ1) is 17.4.